The number of benzene rings is 11. The summed E-state index contributed by atoms with van der Waals surface area (Å²) in [6, 6.07) is 92.8. The second-order valence-corrected chi connectivity index (χ2v) is 16.5. The van der Waals surface area contributed by atoms with Crippen molar-refractivity contribution in [2.45, 2.75) is 0 Å². The molecule has 0 fully saturated rings. The number of hydrogen-bond donors (Lipinski definition) is 0. The number of fused-ring (bicyclic) bond motifs is 5. The van der Waals surface area contributed by atoms with Gasteiger partial charge in [0, 0.05) is 33.3 Å². The largest absolute Gasteiger partial charge is 0.310 e. The summed E-state index contributed by atoms with van der Waals surface area (Å²) < 4.78 is 2.43. The third kappa shape index (κ3) is 6.61. The highest BCUT2D eigenvalue weighted by Gasteiger charge is 2.21. The Labute approximate surface area is 373 Å². The van der Waals surface area contributed by atoms with Crippen LogP contribution >= 0.6 is 0 Å². The van der Waals surface area contributed by atoms with E-state index < -0.39 is 0 Å². The molecule has 0 aliphatic carbocycles. The minimum Gasteiger partial charge on any atom is -0.310 e. The summed E-state index contributed by atoms with van der Waals surface area (Å²) in [6.45, 7) is 0. The SMILES string of the molecule is c1ccc(-c2cc(-c3ccccc3-n3c4ccccc4c4ccccc43)ccc2N(c2ccc(-c3ccc(-c4ccc5ccccc5c4)cc3)cc2)c2ccc3ccccc3c2)cc1. The van der Waals surface area contributed by atoms with Crippen LogP contribution in [0.15, 0.2) is 255 Å². The lowest BCUT2D eigenvalue weighted by Crippen LogP contribution is -2.11. The maximum atomic E-state index is 2.43. The number of rotatable bonds is 8. The summed E-state index contributed by atoms with van der Waals surface area (Å²) in [5, 5.41) is 7.44. The number of hydrogen-bond acceptors (Lipinski definition) is 1. The lowest BCUT2D eigenvalue weighted by Gasteiger charge is -2.29. The van der Waals surface area contributed by atoms with Crippen molar-refractivity contribution in [2.75, 3.05) is 4.90 Å². The van der Waals surface area contributed by atoms with Crippen LogP contribution in [0.1, 0.15) is 0 Å². The second kappa shape index (κ2) is 15.8. The van der Waals surface area contributed by atoms with E-state index in [-0.39, 0.29) is 0 Å². The Morgan fingerprint density at radius 2 is 0.750 bits per heavy atom. The van der Waals surface area contributed by atoms with Gasteiger partial charge in [0.15, 0.2) is 0 Å². The second-order valence-electron chi connectivity index (χ2n) is 16.5. The standard InChI is InChI=1S/C62H42N2/c1-2-16-48(17-3-1)58-42-52(55-20-8-11-23-59(55)64-60-24-12-9-21-56(60)57-22-10-13-25-61(57)64)35-39-62(58)63(54-38-34-44-15-5-7-19-50(44)41-54)53-36-32-46(33-37-53)45-26-28-47(29-27-45)51-31-30-43-14-4-6-18-49(43)40-51/h1-42H. The van der Waals surface area contributed by atoms with Crippen LogP contribution in [0.4, 0.5) is 17.1 Å². The molecule has 0 amide bonds. The van der Waals surface area contributed by atoms with Crippen LogP contribution < -0.4 is 4.90 Å². The van der Waals surface area contributed by atoms with Crippen molar-refractivity contribution in [3.63, 3.8) is 0 Å². The van der Waals surface area contributed by atoms with Gasteiger partial charge in [0.05, 0.1) is 22.4 Å². The molecule has 0 bridgehead atoms. The van der Waals surface area contributed by atoms with Gasteiger partial charge in [-0.3, -0.25) is 0 Å². The molecule has 0 radical (unpaired) electrons. The molecular weight excluding hydrogens is 773 g/mol. The van der Waals surface area contributed by atoms with Gasteiger partial charge >= 0.3 is 0 Å². The van der Waals surface area contributed by atoms with Crippen LogP contribution in [0, 0.1) is 0 Å². The van der Waals surface area contributed by atoms with Gasteiger partial charge in [-0.2, -0.15) is 0 Å². The Morgan fingerprint density at radius 3 is 1.44 bits per heavy atom. The van der Waals surface area contributed by atoms with Crippen molar-refractivity contribution in [1.29, 1.82) is 0 Å². The molecule has 12 aromatic rings. The van der Waals surface area contributed by atoms with Crippen LogP contribution in [0.5, 0.6) is 0 Å². The van der Waals surface area contributed by atoms with Gasteiger partial charge in [-0.25, -0.2) is 0 Å². The van der Waals surface area contributed by atoms with Crippen molar-refractivity contribution in [1.82, 2.24) is 4.57 Å². The van der Waals surface area contributed by atoms with Gasteiger partial charge in [-0.1, -0.05) is 194 Å². The summed E-state index contributed by atoms with van der Waals surface area (Å²) in [5.41, 5.74) is 16.3. The van der Waals surface area contributed by atoms with Crippen molar-refractivity contribution >= 4 is 60.4 Å². The molecule has 2 nitrogen and oxygen atoms in total. The quantitative estimate of drug-likeness (QED) is 0.148. The van der Waals surface area contributed by atoms with E-state index in [2.05, 4.69) is 264 Å². The first-order valence-electron chi connectivity index (χ1n) is 22.0. The predicted molar refractivity (Wildman–Crippen MR) is 272 cm³/mol. The van der Waals surface area contributed by atoms with Gasteiger partial charge in [-0.05, 0) is 116 Å². The van der Waals surface area contributed by atoms with Gasteiger partial charge in [-0.15, -0.1) is 0 Å². The Bertz CT molecular complexity index is 3600. The number of para-hydroxylation sites is 3. The molecule has 1 aromatic heterocycles. The minimum absolute atomic E-state index is 1.09. The Balaban J connectivity index is 0.985. The maximum absolute atomic E-state index is 2.43. The molecule has 0 saturated carbocycles. The zero-order valence-corrected chi connectivity index (χ0v) is 35.1. The fourth-order valence-corrected chi connectivity index (χ4v) is 9.61. The highest BCUT2D eigenvalue weighted by atomic mass is 15.1. The summed E-state index contributed by atoms with van der Waals surface area (Å²) in [4.78, 5) is 2.42. The highest BCUT2D eigenvalue weighted by Crippen LogP contribution is 2.45. The van der Waals surface area contributed by atoms with E-state index >= 15 is 0 Å². The lowest BCUT2D eigenvalue weighted by molar-refractivity contribution is 1.18. The third-order valence-corrected chi connectivity index (χ3v) is 12.8. The van der Waals surface area contributed by atoms with Crippen LogP contribution in [-0.4, -0.2) is 4.57 Å². The first-order chi connectivity index (χ1) is 31.7. The number of nitrogens with zero attached hydrogens (tertiary/aromatic N) is 2. The normalized spacial score (nSPS) is 11.4. The predicted octanol–water partition coefficient (Wildman–Crippen LogP) is 17.2. The lowest BCUT2D eigenvalue weighted by atomic mass is 9.95. The fraction of sp³-hybridized carbons (Fsp3) is 0. The molecule has 12 rings (SSSR count). The summed E-state index contributed by atoms with van der Waals surface area (Å²) in [5.74, 6) is 0. The molecule has 0 saturated heterocycles. The van der Waals surface area contributed by atoms with Gasteiger partial charge in [0.25, 0.3) is 0 Å². The molecule has 1 heterocycles. The van der Waals surface area contributed by atoms with E-state index in [1.165, 1.54) is 71.2 Å². The number of anilines is 3. The van der Waals surface area contributed by atoms with Crippen LogP contribution in [-0.2, 0) is 0 Å². The van der Waals surface area contributed by atoms with E-state index in [1.54, 1.807) is 0 Å². The van der Waals surface area contributed by atoms with Crippen LogP contribution in [0.25, 0.3) is 93.5 Å². The van der Waals surface area contributed by atoms with E-state index in [0.717, 1.165) is 39.4 Å². The molecule has 2 heteroatoms. The van der Waals surface area contributed by atoms with Gasteiger partial charge in [0.2, 0.25) is 0 Å². The van der Waals surface area contributed by atoms with E-state index in [4.69, 9.17) is 0 Å². The molecule has 0 spiro atoms. The zero-order chi connectivity index (χ0) is 42.4. The Kier molecular flexibility index (Phi) is 9.20. The average molecular weight is 815 g/mol. The van der Waals surface area contributed by atoms with E-state index in [1.807, 2.05) is 0 Å². The third-order valence-electron chi connectivity index (χ3n) is 12.8. The number of aromatic nitrogens is 1. The fourth-order valence-electron chi connectivity index (χ4n) is 9.61. The molecule has 0 aliphatic rings. The van der Waals surface area contributed by atoms with Crippen molar-refractivity contribution in [2.24, 2.45) is 0 Å². The summed E-state index contributed by atoms with van der Waals surface area (Å²) in [6.07, 6.45) is 0. The molecule has 0 unspecified atom stereocenters. The van der Waals surface area contributed by atoms with Crippen LogP contribution in [0.3, 0.4) is 0 Å². The minimum atomic E-state index is 1.09. The average Bonchev–Trinajstić information content (AvgIpc) is 3.71. The topological polar surface area (TPSA) is 8.17 Å². The van der Waals surface area contributed by atoms with Crippen molar-refractivity contribution < 1.29 is 0 Å². The molecular formula is C62H42N2. The molecule has 300 valence electrons. The highest BCUT2D eigenvalue weighted by molar-refractivity contribution is 6.10. The van der Waals surface area contributed by atoms with E-state index in [0.29, 0.717) is 0 Å². The Morgan fingerprint density at radius 1 is 0.266 bits per heavy atom. The smallest absolute Gasteiger partial charge is 0.0541 e. The van der Waals surface area contributed by atoms with E-state index in [9.17, 15) is 0 Å². The first-order valence-corrected chi connectivity index (χ1v) is 22.0. The monoisotopic (exact) mass is 814 g/mol. The molecule has 64 heavy (non-hydrogen) atoms. The molecule has 0 aliphatic heterocycles. The Hall–Kier alpha value is -8.46. The summed E-state index contributed by atoms with van der Waals surface area (Å²) >= 11 is 0. The van der Waals surface area contributed by atoms with Crippen molar-refractivity contribution in [3.8, 4) is 50.2 Å². The molecule has 0 N–H and O–H groups in total. The van der Waals surface area contributed by atoms with Gasteiger partial charge < -0.3 is 9.47 Å². The first kappa shape index (κ1) is 37.3. The van der Waals surface area contributed by atoms with Gasteiger partial charge in [0.1, 0.15) is 0 Å². The molecule has 0 atom stereocenters. The molecule has 11 aromatic carbocycles. The van der Waals surface area contributed by atoms with Crippen LogP contribution in [0.2, 0.25) is 0 Å². The zero-order valence-electron chi connectivity index (χ0n) is 35.1. The maximum Gasteiger partial charge on any atom is 0.0541 e. The van der Waals surface area contributed by atoms with Crippen molar-refractivity contribution in [3.05, 3.63) is 255 Å². The summed E-state index contributed by atoms with van der Waals surface area (Å²) in [7, 11) is 0.